The first-order valence-electron chi connectivity index (χ1n) is 12.1. The molecule has 1 aliphatic heterocycles. The average molecular weight is 495 g/mol. The van der Waals surface area contributed by atoms with Crippen molar-refractivity contribution in [2.24, 2.45) is 0 Å². The quantitative estimate of drug-likeness (QED) is 0.256. The number of halogens is 1. The number of amides is 1. The SMILES string of the molecule is Cc1c(/C=C(/C#N)C(=O)N2CCN(c3ccccc3)CC2)c2ccccc2n1Cc1ccc(Cl)cc1. The van der Waals surface area contributed by atoms with E-state index < -0.39 is 0 Å². The molecule has 1 saturated heterocycles. The summed E-state index contributed by atoms with van der Waals surface area (Å²) >= 11 is 6.07. The summed E-state index contributed by atoms with van der Waals surface area (Å²) in [6, 6.07) is 28.3. The van der Waals surface area contributed by atoms with Crippen molar-refractivity contribution in [2.45, 2.75) is 13.5 Å². The van der Waals surface area contributed by atoms with Gasteiger partial charge in [-0.15, -0.1) is 0 Å². The number of nitriles is 1. The number of hydrogen-bond acceptors (Lipinski definition) is 3. The van der Waals surface area contributed by atoms with E-state index in [1.807, 2.05) is 67.6 Å². The Hall–Kier alpha value is -4.01. The second kappa shape index (κ2) is 10.3. The maximum absolute atomic E-state index is 13.4. The predicted octanol–water partition coefficient (Wildman–Crippen LogP) is 5.91. The van der Waals surface area contributed by atoms with Gasteiger partial charge in [0.2, 0.25) is 0 Å². The lowest BCUT2D eigenvalue weighted by Crippen LogP contribution is -2.49. The monoisotopic (exact) mass is 494 g/mol. The number of carbonyl (C=O) groups excluding carboxylic acids is 1. The van der Waals surface area contributed by atoms with Crippen LogP contribution < -0.4 is 4.90 Å². The topological polar surface area (TPSA) is 52.3 Å². The third-order valence-corrected chi connectivity index (χ3v) is 7.11. The molecule has 3 aromatic carbocycles. The van der Waals surface area contributed by atoms with Gasteiger partial charge in [-0.2, -0.15) is 5.26 Å². The van der Waals surface area contributed by atoms with E-state index in [0.717, 1.165) is 46.5 Å². The molecule has 0 spiro atoms. The van der Waals surface area contributed by atoms with Gasteiger partial charge in [-0.3, -0.25) is 4.79 Å². The smallest absolute Gasteiger partial charge is 0.264 e. The Balaban J connectivity index is 1.41. The maximum atomic E-state index is 13.4. The van der Waals surface area contributed by atoms with E-state index in [4.69, 9.17) is 11.6 Å². The first-order valence-corrected chi connectivity index (χ1v) is 12.5. The lowest BCUT2D eigenvalue weighted by molar-refractivity contribution is -0.126. The van der Waals surface area contributed by atoms with Crippen LogP contribution in [-0.4, -0.2) is 41.6 Å². The van der Waals surface area contributed by atoms with Crippen LogP contribution in [0.3, 0.4) is 0 Å². The number of rotatable bonds is 5. The molecule has 0 N–H and O–H groups in total. The van der Waals surface area contributed by atoms with E-state index in [1.54, 1.807) is 11.0 Å². The molecule has 5 rings (SSSR count). The molecule has 0 aliphatic carbocycles. The van der Waals surface area contributed by atoms with Gasteiger partial charge in [-0.25, -0.2) is 0 Å². The molecule has 1 aromatic heterocycles. The molecule has 180 valence electrons. The summed E-state index contributed by atoms with van der Waals surface area (Å²) in [5, 5.41) is 11.7. The second-order valence-corrected chi connectivity index (χ2v) is 9.45. The molecular weight excluding hydrogens is 468 g/mol. The van der Waals surface area contributed by atoms with Crippen LogP contribution >= 0.6 is 11.6 Å². The lowest BCUT2D eigenvalue weighted by Gasteiger charge is -2.36. The highest BCUT2D eigenvalue weighted by Gasteiger charge is 2.24. The molecule has 1 fully saturated rings. The first-order chi connectivity index (χ1) is 17.5. The highest BCUT2D eigenvalue weighted by atomic mass is 35.5. The number of hydrogen-bond donors (Lipinski definition) is 0. The zero-order chi connectivity index (χ0) is 25.1. The summed E-state index contributed by atoms with van der Waals surface area (Å²) in [7, 11) is 0. The van der Waals surface area contributed by atoms with Crippen LogP contribution in [0.25, 0.3) is 17.0 Å². The Bertz CT molecular complexity index is 1460. The van der Waals surface area contributed by atoms with Crippen molar-refractivity contribution >= 4 is 40.2 Å². The Morgan fingerprint density at radius 2 is 1.61 bits per heavy atom. The van der Waals surface area contributed by atoms with Crippen LogP contribution in [0.2, 0.25) is 5.02 Å². The molecule has 0 bridgehead atoms. The third-order valence-electron chi connectivity index (χ3n) is 6.86. The van der Waals surface area contributed by atoms with Gasteiger partial charge in [0.1, 0.15) is 11.6 Å². The van der Waals surface area contributed by atoms with E-state index >= 15 is 0 Å². The molecule has 0 radical (unpaired) electrons. The van der Waals surface area contributed by atoms with Gasteiger partial charge >= 0.3 is 0 Å². The Morgan fingerprint density at radius 3 is 2.31 bits per heavy atom. The number of anilines is 1. The molecule has 5 nitrogen and oxygen atoms in total. The van der Waals surface area contributed by atoms with E-state index in [2.05, 4.69) is 33.7 Å². The number of nitrogens with zero attached hydrogens (tertiary/aromatic N) is 4. The van der Waals surface area contributed by atoms with Crippen molar-refractivity contribution in [3.63, 3.8) is 0 Å². The zero-order valence-electron chi connectivity index (χ0n) is 20.2. The second-order valence-electron chi connectivity index (χ2n) is 9.01. The van der Waals surface area contributed by atoms with Crippen molar-refractivity contribution in [2.75, 3.05) is 31.1 Å². The number of fused-ring (bicyclic) bond motifs is 1. The van der Waals surface area contributed by atoms with Gasteiger partial charge in [-0.05, 0) is 48.9 Å². The first kappa shape index (κ1) is 23.7. The minimum atomic E-state index is -0.209. The predicted molar refractivity (Wildman–Crippen MR) is 146 cm³/mol. The highest BCUT2D eigenvalue weighted by Crippen LogP contribution is 2.29. The van der Waals surface area contributed by atoms with Crippen LogP contribution in [0.5, 0.6) is 0 Å². The number of carbonyl (C=O) groups is 1. The summed E-state index contributed by atoms with van der Waals surface area (Å²) < 4.78 is 2.22. The van der Waals surface area contributed by atoms with E-state index in [9.17, 15) is 10.1 Å². The van der Waals surface area contributed by atoms with Crippen molar-refractivity contribution in [3.05, 3.63) is 106 Å². The fourth-order valence-electron chi connectivity index (χ4n) is 4.88. The Morgan fingerprint density at radius 1 is 0.944 bits per heavy atom. The van der Waals surface area contributed by atoms with Crippen molar-refractivity contribution in [3.8, 4) is 6.07 Å². The molecule has 6 heteroatoms. The fourth-order valence-corrected chi connectivity index (χ4v) is 5.01. The van der Waals surface area contributed by atoms with Crippen molar-refractivity contribution < 1.29 is 4.79 Å². The van der Waals surface area contributed by atoms with Crippen molar-refractivity contribution in [1.29, 1.82) is 5.26 Å². The van der Waals surface area contributed by atoms with Crippen LogP contribution in [0.1, 0.15) is 16.8 Å². The zero-order valence-corrected chi connectivity index (χ0v) is 20.9. The number of piperazine rings is 1. The van der Waals surface area contributed by atoms with Gasteiger partial charge in [0, 0.05) is 65.6 Å². The molecule has 0 saturated carbocycles. The van der Waals surface area contributed by atoms with E-state index in [0.29, 0.717) is 24.7 Å². The van der Waals surface area contributed by atoms with Gasteiger partial charge in [-0.1, -0.05) is 60.1 Å². The molecule has 0 atom stereocenters. The van der Waals surface area contributed by atoms with Crippen LogP contribution in [-0.2, 0) is 11.3 Å². The Kier molecular flexibility index (Phi) is 6.79. The summed E-state index contributed by atoms with van der Waals surface area (Å²) in [4.78, 5) is 17.4. The number of para-hydroxylation sites is 2. The van der Waals surface area contributed by atoms with Gasteiger partial charge in [0.25, 0.3) is 5.91 Å². The van der Waals surface area contributed by atoms with E-state index in [1.165, 1.54) is 0 Å². The minimum absolute atomic E-state index is 0.167. The van der Waals surface area contributed by atoms with E-state index in [-0.39, 0.29) is 11.5 Å². The summed E-state index contributed by atoms with van der Waals surface area (Å²) in [6.07, 6.45) is 1.77. The fraction of sp³-hybridized carbons (Fsp3) is 0.200. The largest absolute Gasteiger partial charge is 0.368 e. The van der Waals surface area contributed by atoms with Crippen LogP contribution in [0, 0.1) is 18.3 Å². The molecule has 4 aromatic rings. The summed E-state index contributed by atoms with van der Waals surface area (Å²) in [5.41, 5.74) is 5.45. The number of benzene rings is 3. The average Bonchev–Trinajstić information content (AvgIpc) is 3.19. The lowest BCUT2D eigenvalue weighted by atomic mass is 10.1. The minimum Gasteiger partial charge on any atom is -0.368 e. The van der Waals surface area contributed by atoms with Crippen LogP contribution in [0.4, 0.5) is 5.69 Å². The standard InChI is InChI=1S/C30H27ClN4O/c1-22-28(27-9-5-6-10-29(27)35(22)21-23-11-13-25(31)14-12-23)19-24(20-32)30(36)34-17-15-33(16-18-34)26-7-3-2-4-8-26/h2-14,19H,15-18,21H2,1H3/b24-19-. The van der Waals surface area contributed by atoms with Gasteiger partial charge in [0.15, 0.2) is 0 Å². The summed E-state index contributed by atoms with van der Waals surface area (Å²) in [6.45, 7) is 5.38. The molecule has 1 aliphatic rings. The molecule has 36 heavy (non-hydrogen) atoms. The molecular formula is C30H27ClN4O. The van der Waals surface area contributed by atoms with Gasteiger partial charge < -0.3 is 14.4 Å². The van der Waals surface area contributed by atoms with Crippen LogP contribution in [0.15, 0.2) is 84.4 Å². The molecule has 1 amide bonds. The molecule has 2 heterocycles. The summed E-state index contributed by atoms with van der Waals surface area (Å²) in [5.74, 6) is -0.209. The number of aromatic nitrogens is 1. The highest BCUT2D eigenvalue weighted by molar-refractivity contribution is 6.30. The maximum Gasteiger partial charge on any atom is 0.264 e. The van der Waals surface area contributed by atoms with Gasteiger partial charge in [0.05, 0.1) is 0 Å². The normalized spacial score (nSPS) is 14.2. The third kappa shape index (κ3) is 4.73. The molecule has 0 unspecified atom stereocenters. The van der Waals surface area contributed by atoms with Crippen molar-refractivity contribution in [1.82, 2.24) is 9.47 Å². The Labute approximate surface area is 216 Å².